The third-order valence-corrected chi connectivity index (χ3v) is 5.51. The fourth-order valence-corrected chi connectivity index (χ4v) is 3.36. The zero-order valence-electron chi connectivity index (χ0n) is 13.8. The highest BCUT2D eigenvalue weighted by molar-refractivity contribution is 5.85. The van der Waals surface area contributed by atoms with Gasteiger partial charge in [-0.05, 0) is 13.3 Å². The van der Waals surface area contributed by atoms with Gasteiger partial charge in [-0.3, -0.25) is 4.79 Å². The summed E-state index contributed by atoms with van der Waals surface area (Å²) in [6, 6.07) is 0.389. The lowest BCUT2D eigenvalue weighted by molar-refractivity contribution is -0.207. The van der Waals surface area contributed by atoms with E-state index in [0.717, 1.165) is 19.6 Å². The van der Waals surface area contributed by atoms with E-state index in [0.29, 0.717) is 13.0 Å². The standard InChI is InChI=1S/C15H28N2O3.ClH/c1-14(2)12(9-15(14,3)19-5)17(4)13(18)8-11-10-20-7-6-16-11;/h11-12,16H,6-10H2,1-5H3;1H. The van der Waals surface area contributed by atoms with Gasteiger partial charge in [0.05, 0.1) is 18.8 Å². The highest BCUT2D eigenvalue weighted by Crippen LogP contribution is 2.53. The van der Waals surface area contributed by atoms with E-state index in [1.165, 1.54) is 0 Å². The molecule has 1 aliphatic heterocycles. The Kier molecular flexibility index (Phi) is 6.07. The molecule has 2 aliphatic rings. The van der Waals surface area contributed by atoms with Gasteiger partial charge < -0.3 is 19.7 Å². The molecule has 2 fully saturated rings. The van der Waals surface area contributed by atoms with Crippen molar-refractivity contribution in [3.05, 3.63) is 0 Å². The zero-order chi connectivity index (χ0) is 15.0. The minimum Gasteiger partial charge on any atom is -0.378 e. The quantitative estimate of drug-likeness (QED) is 0.852. The summed E-state index contributed by atoms with van der Waals surface area (Å²) < 4.78 is 11.0. The Morgan fingerprint density at radius 2 is 2.10 bits per heavy atom. The Morgan fingerprint density at radius 1 is 1.43 bits per heavy atom. The van der Waals surface area contributed by atoms with E-state index in [1.54, 1.807) is 7.11 Å². The number of hydrogen-bond donors (Lipinski definition) is 1. The van der Waals surface area contributed by atoms with Crippen molar-refractivity contribution in [3.8, 4) is 0 Å². The van der Waals surface area contributed by atoms with Crippen LogP contribution in [0.4, 0.5) is 0 Å². The SMILES string of the molecule is COC1(C)CC(N(C)C(=O)CC2COCCN2)C1(C)C.Cl. The third-order valence-electron chi connectivity index (χ3n) is 5.51. The molecule has 0 spiro atoms. The molecule has 0 aromatic heterocycles. The smallest absolute Gasteiger partial charge is 0.224 e. The van der Waals surface area contributed by atoms with Crippen LogP contribution in [0, 0.1) is 5.41 Å². The molecule has 3 unspecified atom stereocenters. The van der Waals surface area contributed by atoms with Crippen LogP contribution >= 0.6 is 12.4 Å². The summed E-state index contributed by atoms with van der Waals surface area (Å²) in [5, 5.41) is 3.33. The number of hydrogen-bond acceptors (Lipinski definition) is 4. The number of halogens is 1. The van der Waals surface area contributed by atoms with Gasteiger partial charge in [0.15, 0.2) is 0 Å². The molecule has 1 amide bonds. The van der Waals surface area contributed by atoms with Gasteiger partial charge in [0.2, 0.25) is 5.91 Å². The van der Waals surface area contributed by atoms with Gasteiger partial charge in [-0.2, -0.15) is 0 Å². The molecular formula is C15H29ClN2O3. The van der Waals surface area contributed by atoms with Crippen LogP contribution in [0.2, 0.25) is 0 Å². The molecule has 1 heterocycles. The van der Waals surface area contributed by atoms with Crippen LogP contribution in [0.25, 0.3) is 0 Å². The lowest BCUT2D eigenvalue weighted by atomic mass is 9.55. The molecule has 21 heavy (non-hydrogen) atoms. The number of ether oxygens (including phenoxy) is 2. The van der Waals surface area contributed by atoms with E-state index in [1.807, 2.05) is 11.9 Å². The van der Waals surface area contributed by atoms with Crippen LogP contribution < -0.4 is 5.32 Å². The molecular weight excluding hydrogens is 292 g/mol. The Labute approximate surface area is 134 Å². The minimum atomic E-state index is -0.140. The number of amides is 1. The van der Waals surface area contributed by atoms with Crippen LogP contribution in [0.1, 0.15) is 33.6 Å². The summed E-state index contributed by atoms with van der Waals surface area (Å²) in [7, 11) is 3.66. The molecule has 0 bridgehead atoms. The lowest BCUT2D eigenvalue weighted by Crippen LogP contribution is -2.68. The van der Waals surface area contributed by atoms with E-state index in [-0.39, 0.29) is 41.4 Å². The first-order valence-corrected chi connectivity index (χ1v) is 7.44. The summed E-state index contributed by atoms with van der Waals surface area (Å²) in [6.45, 7) is 8.68. The largest absolute Gasteiger partial charge is 0.378 e. The molecule has 6 heteroatoms. The number of methoxy groups -OCH3 is 1. The average Bonchev–Trinajstić information content (AvgIpc) is 2.44. The molecule has 3 atom stereocenters. The summed E-state index contributed by atoms with van der Waals surface area (Å²) in [4.78, 5) is 14.3. The van der Waals surface area contributed by atoms with Crippen LogP contribution in [-0.2, 0) is 14.3 Å². The molecule has 0 aromatic carbocycles. The minimum absolute atomic E-state index is 0. The van der Waals surface area contributed by atoms with Gasteiger partial charge in [-0.1, -0.05) is 13.8 Å². The fourth-order valence-electron chi connectivity index (χ4n) is 3.36. The molecule has 0 radical (unpaired) electrons. The lowest BCUT2D eigenvalue weighted by Gasteiger charge is -2.61. The second-order valence-corrected chi connectivity index (χ2v) is 6.81. The molecule has 2 rings (SSSR count). The Morgan fingerprint density at radius 3 is 2.57 bits per heavy atom. The van der Waals surface area contributed by atoms with Crippen LogP contribution in [0.15, 0.2) is 0 Å². The normalized spacial score (nSPS) is 34.5. The number of nitrogens with zero attached hydrogens (tertiary/aromatic N) is 1. The van der Waals surface area contributed by atoms with Crippen molar-refractivity contribution in [2.75, 3.05) is 33.9 Å². The fraction of sp³-hybridized carbons (Fsp3) is 0.933. The number of carbonyl (C=O) groups excluding carboxylic acids is 1. The van der Waals surface area contributed by atoms with Crippen molar-refractivity contribution in [3.63, 3.8) is 0 Å². The van der Waals surface area contributed by atoms with E-state index < -0.39 is 0 Å². The number of morpholine rings is 1. The highest BCUT2D eigenvalue weighted by Gasteiger charge is 2.59. The van der Waals surface area contributed by atoms with Crippen molar-refractivity contribution >= 4 is 18.3 Å². The summed E-state index contributed by atoms with van der Waals surface area (Å²) >= 11 is 0. The zero-order valence-corrected chi connectivity index (χ0v) is 14.6. The molecule has 5 nitrogen and oxygen atoms in total. The molecule has 1 saturated carbocycles. The maximum atomic E-state index is 12.4. The Bertz CT molecular complexity index is 372. The first kappa shape index (κ1) is 18.7. The molecule has 1 N–H and O–H groups in total. The van der Waals surface area contributed by atoms with Gasteiger partial charge in [0.1, 0.15) is 0 Å². The Hall–Kier alpha value is -0.360. The highest BCUT2D eigenvalue weighted by atomic mass is 35.5. The number of carbonyl (C=O) groups is 1. The van der Waals surface area contributed by atoms with Gasteiger partial charge in [-0.25, -0.2) is 0 Å². The average molecular weight is 321 g/mol. The summed E-state index contributed by atoms with van der Waals surface area (Å²) in [5.74, 6) is 0.184. The van der Waals surface area contributed by atoms with Crippen molar-refractivity contribution in [2.45, 2.75) is 51.3 Å². The maximum Gasteiger partial charge on any atom is 0.224 e. The monoisotopic (exact) mass is 320 g/mol. The Balaban J connectivity index is 0.00000220. The van der Waals surface area contributed by atoms with Crippen LogP contribution in [0.5, 0.6) is 0 Å². The van der Waals surface area contributed by atoms with E-state index >= 15 is 0 Å². The first-order chi connectivity index (χ1) is 9.32. The predicted octanol–water partition coefficient (Wildman–Crippen LogP) is 1.45. The van der Waals surface area contributed by atoms with Crippen LogP contribution in [-0.4, -0.2) is 62.4 Å². The second kappa shape index (κ2) is 6.82. The summed E-state index contributed by atoms with van der Waals surface area (Å²) in [6.07, 6.45) is 1.40. The molecule has 0 aromatic rings. The van der Waals surface area contributed by atoms with Gasteiger partial charge in [-0.15, -0.1) is 12.4 Å². The number of nitrogens with one attached hydrogen (secondary N) is 1. The third kappa shape index (κ3) is 3.36. The first-order valence-electron chi connectivity index (χ1n) is 7.44. The van der Waals surface area contributed by atoms with E-state index in [2.05, 4.69) is 26.1 Å². The predicted molar refractivity (Wildman–Crippen MR) is 84.8 cm³/mol. The van der Waals surface area contributed by atoms with Gasteiger partial charge in [0, 0.05) is 44.6 Å². The topological polar surface area (TPSA) is 50.8 Å². The maximum absolute atomic E-state index is 12.4. The van der Waals surface area contributed by atoms with E-state index in [9.17, 15) is 4.79 Å². The van der Waals surface area contributed by atoms with E-state index in [4.69, 9.17) is 9.47 Å². The van der Waals surface area contributed by atoms with Gasteiger partial charge in [0.25, 0.3) is 0 Å². The molecule has 1 aliphatic carbocycles. The van der Waals surface area contributed by atoms with Crippen LogP contribution in [0.3, 0.4) is 0 Å². The summed E-state index contributed by atoms with van der Waals surface area (Å²) in [5.41, 5.74) is -0.166. The molecule has 124 valence electrons. The molecule has 1 saturated heterocycles. The van der Waals surface area contributed by atoms with Crippen molar-refractivity contribution in [1.82, 2.24) is 10.2 Å². The van der Waals surface area contributed by atoms with Crippen molar-refractivity contribution < 1.29 is 14.3 Å². The van der Waals surface area contributed by atoms with Crippen molar-refractivity contribution in [2.24, 2.45) is 5.41 Å². The number of rotatable bonds is 4. The van der Waals surface area contributed by atoms with Crippen molar-refractivity contribution in [1.29, 1.82) is 0 Å². The second-order valence-electron chi connectivity index (χ2n) is 6.81. The van der Waals surface area contributed by atoms with Gasteiger partial charge >= 0.3 is 0 Å².